The molecular weight excluding hydrogens is 210 g/mol. The van der Waals surface area contributed by atoms with Crippen LogP contribution in [-0.4, -0.2) is 25.4 Å². The first-order chi connectivity index (χ1) is 7.09. The lowest BCUT2D eigenvalue weighted by Crippen LogP contribution is -2.31. The number of methoxy groups -OCH3 is 1. The molecule has 1 heterocycles. The second-order valence-electron chi connectivity index (χ2n) is 4.34. The standard InChI is InChI=1S/C11H19NO2S/c1-11(2,8-13)7-12-6-10-9(14-3)4-5-15-10/h4-5,12-13H,6-8H2,1-3H3. The van der Waals surface area contributed by atoms with E-state index in [-0.39, 0.29) is 12.0 Å². The third-order valence-electron chi connectivity index (χ3n) is 2.24. The van der Waals surface area contributed by atoms with Gasteiger partial charge in [-0.15, -0.1) is 11.3 Å². The van der Waals surface area contributed by atoms with E-state index in [4.69, 9.17) is 9.84 Å². The number of hydrogen-bond acceptors (Lipinski definition) is 4. The van der Waals surface area contributed by atoms with Gasteiger partial charge in [-0.1, -0.05) is 13.8 Å². The smallest absolute Gasteiger partial charge is 0.134 e. The van der Waals surface area contributed by atoms with E-state index in [1.165, 1.54) is 4.88 Å². The minimum atomic E-state index is -0.0650. The zero-order valence-electron chi connectivity index (χ0n) is 9.54. The second-order valence-corrected chi connectivity index (χ2v) is 5.34. The van der Waals surface area contributed by atoms with Crippen LogP contribution < -0.4 is 10.1 Å². The summed E-state index contributed by atoms with van der Waals surface area (Å²) in [5.74, 6) is 0.939. The number of thiophene rings is 1. The maximum Gasteiger partial charge on any atom is 0.134 e. The van der Waals surface area contributed by atoms with Gasteiger partial charge in [-0.3, -0.25) is 0 Å². The summed E-state index contributed by atoms with van der Waals surface area (Å²) in [4.78, 5) is 1.20. The van der Waals surface area contributed by atoms with Crippen LogP contribution in [-0.2, 0) is 6.54 Å². The highest BCUT2D eigenvalue weighted by atomic mass is 32.1. The average Bonchev–Trinajstić information content (AvgIpc) is 2.65. The lowest BCUT2D eigenvalue weighted by molar-refractivity contribution is 0.156. The van der Waals surface area contributed by atoms with Gasteiger partial charge in [-0.05, 0) is 11.4 Å². The Labute approximate surface area is 95.1 Å². The van der Waals surface area contributed by atoms with E-state index in [1.54, 1.807) is 18.4 Å². The molecule has 0 aliphatic heterocycles. The van der Waals surface area contributed by atoms with Gasteiger partial charge >= 0.3 is 0 Å². The van der Waals surface area contributed by atoms with Crippen molar-refractivity contribution in [2.45, 2.75) is 20.4 Å². The fourth-order valence-corrected chi connectivity index (χ4v) is 2.02. The highest BCUT2D eigenvalue weighted by Gasteiger charge is 2.15. The maximum atomic E-state index is 9.09. The van der Waals surface area contributed by atoms with E-state index in [1.807, 2.05) is 25.3 Å². The molecule has 1 aromatic heterocycles. The second kappa shape index (κ2) is 5.49. The molecule has 0 aromatic carbocycles. The number of rotatable bonds is 6. The van der Waals surface area contributed by atoms with E-state index >= 15 is 0 Å². The molecule has 0 atom stereocenters. The van der Waals surface area contributed by atoms with Crippen LogP contribution in [0.25, 0.3) is 0 Å². The predicted molar refractivity (Wildman–Crippen MR) is 63.4 cm³/mol. The van der Waals surface area contributed by atoms with Gasteiger partial charge in [-0.2, -0.15) is 0 Å². The summed E-state index contributed by atoms with van der Waals surface area (Å²) in [6.07, 6.45) is 0. The summed E-state index contributed by atoms with van der Waals surface area (Å²) < 4.78 is 5.22. The van der Waals surface area contributed by atoms with E-state index < -0.39 is 0 Å². The highest BCUT2D eigenvalue weighted by Crippen LogP contribution is 2.24. The Hall–Kier alpha value is -0.580. The Morgan fingerprint density at radius 1 is 1.53 bits per heavy atom. The lowest BCUT2D eigenvalue weighted by atomic mass is 9.95. The molecule has 3 nitrogen and oxygen atoms in total. The molecular formula is C11H19NO2S. The van der Waals surface area contributed by atoms with Crippen molar-refractivity contribution in [1.82, 2.24) is 5.32 Å². The van der Waals surface area contributed by atoms with Crippen molar-refractivity contribution < 1.29 is 9.84 Å². The number of aliphatic hydroxyl groups is 1. The molecule has 0 amide bonds. The summed E-state index contributed by atoms with van der Waals surface area (Å²) in [6, 6.07) is 1.97. The number of nitrogens with one attached hydrogen (secondary N) is 1. The zero-order chi connectivity index (χ0) is 11.3. The molecule has 0 spiro atoms. The largest absolute Gasteiger partial charge is 0.496 e. The molecule has 0 aliphatic rings. The van der Waals surface area contributed by atoms with Gasteiger partial charge in [0.15, 0.2) is 0 Å². The summed E-state index contributed by atoms with van der Waals surface area (Å²) in [7, 11) is 1.68. The van der Waals surface area contributed by atoms with Crippen LogP contribution in [0.15, 0.2) is 11.4 Å². The first-order valence-corrected chi connectivity index (χ1v) is 5.89. The molecule has 1 aromatic rings. The predicted octanol–water partition coefficient (Wildman–Crippen LogP) is 1.86. The SMILES string of the molecule is COc1ccsc1CNCC(C)(C)CO. The molecule has 2 N–H and O–H groups in total. The zero-order valence-corrected chi connectivity index (χ0v) is 10.4. The third kappa shape index (κ3) is 3.81. The van der Waals surface area contributed by atoms with Gasteiger partial charge in [0.1, 0.15) is 5.75 Å². The molecule has 0 saturated heterocycles. The van der Waals surface area contributed by atoms with Gasteiger partial charge in [0.05, 0.1) is 12.0 Å². The topological polar surface area (TPSA) is 41.5 Å². The molecule has 0 fully saturated rings. The van der Waals surface area contributed by atoms with Crippen LogP contribution in [0.1, 0.15) is 18.7 Å². The number of ether oxygens (including phenoxy) is 1. The fourth-order valence-electron chi connectivity index (χ4n) is 1.21. The Morgan fingerprint density at radius 2 is 2.27 bits per heavy atom. The van der Waals surface area contributed by atoms with Crippen molar-refractivity contribution in [1.29, 1.82) is 0 Å². The Morgan fingerprint density at radius 3 is 2.87 bits per heavy atom. The lowest BCUT2D eigenvalue weighted by Gasteiger charge is -2.21. The van der Waals surface area contributed by atoms with Gasteiger partial charge in [0.2, 0.25) is 0 Å². The number of aliphatic hydroxyl groups excluding tert-OH is 1. The first kappa shape index (κ1) is 12.5. The van der Waals surface area contributed by atoms with Crippen molar-refractivity contribution >= 4 is 11.3 Å². The van der Waals surface area contributed by atoms with Crippen LogP contribution in [0.4, 0.5) is 0 Å². The quantitative estimate of drug-likeness (QED) is 0.782. The Balaban J connectivity index is 2.38. The first-order valence-electron chi connectivity index (χ1n) is 5.01. The van der Waals surface area contributed by atoms with Crippen LogP contribution in [0.5, 0.6) is 5.75 Å². The maximum absolute atomic E-state index is 9.09. The summed E-state index contributed by atoms with van der Waals surface area (Å²) in [5, 5.41) is 14.4. The molecule has 1 rings (SSSR count). The van der Waals surface area contributed by atoms with Gasteiger partial charge in [0, 0.05) is 25.1 Å². The Kier molecular flexibility index (Phi) is 4.57. The van der Waals surface area contributed by atoms with Crippen molar-refractivity contribution in [3.8, 4) is 5.75 Å². The summed E-state index contributed by atoms with van der Waals surface area (Å²) >= 11 is 1.68. The van der Waals surface area contributed by atoms with Gasteiger partial charge in [-0.25, -0.2) is 0 Å². The minimum absolute atomic E-state index is 0.0650. The van der Waals surface area contributed by atoms with Crippen molar-refractivity contribution in [2.75, 3.05) is 20.3 Å². The van der Waals surface area contributed by atoms with Crippen LogP contribution in [0.3, 0.4) is 0 Å². The van der Waals surface area contributed by atoms with Crippen LogP contribution in [0, 0.1) is 5.41 Å². The van der Waals surface area contributed by atoms with E-state index in [9.17, 15) is 0 Å². The van der Waals surface area contributed by atoms with E-state index in [0.717, 1.165) is 18.8 Å². The van der Waals surface area contributed by atoms with Gasteiger partial charge in [0.25, 0.3) is 0 Å². The van der Waals surface area contributed by atoms with Crippen molar-refractivity contribution in [2.24, 2.45) is 5.41 Å². The molecule has 0 saturated carbocycles. The summed E-state index contributed by atoms with van der Waals surface area (Å²) in [5.41, 5.74) is -0.0650. The third-order valence-corrected chi connectivity index (χ3v) is 3.14. The van der Waals surface area contributed by atoms with Crippen LogP contribution >= 0.6 is 11.3 Å². The normalized spacial score (nSPS) is 11.7. The van der Waals surface area contributed by atoms with Crippen molar-refractivity contribution in [3.63, 3.8) is 0 Å². The van der Waals surface area contributed by atoms with Gasteiger partial charge < -0.3 is 15.2 Å². The molecule has 86 valence electrons. The molecule has 15 heavy (non-hydrogen) atoms. The van der Waals surface area contributed by atoms with Crippen molar-refractivity contribution in [3.05, 3.63) is 16.3 Å². The molecule has 0 unspecified atom stereocenters. The fraction of sp³-hybridized carbons (Fsp3) is 0.636. The molecule has 0 radical (unpaired) electrons. The monoisotopic (exact) mass is 229 g/mol. The molecule has 4 heteroatoms. The summed E-state index contributed by atoms with van der Waals surface area (Å²) in [6.45, 7) is 5.85. The number of hydrogen-bond donors (Lipinski definition) is 2. The minimum Gasteiger partial charge on any atom is -0.496 e. The average molecular weight is 229 g/mol. The van der Waals surface area contributed by atoms with Crippen LogP contribution in [0.2, 0.25) is 0 Å². The van der Waals surface area contributed by atoms with E-state index in [2.05, 4.69) is 5.32 Å². The highest BCUT2D eigenvalue weighted by molar-refractivity contribution is 7.10. The van der Waals surface area contributed by atoms with E-state index in [0.29, 0.717) is 0 Å². The Bertz CT molecular complexity index is 297. The molecule has 0 aliphatic carbocycles. The molecule has 0 bridgehead atoms.